The molecule has 2 aromatic rings. The molecular weight excluding hydrogens is 380 g/mol. The standard InChI is InChI=1S/C24H26N2O4/c27-22(25-10-13-29-14-11-25)18-6-7-21-19(16-18)17-26(12-15-30-21)23(28)24(8-9-24)20-4-2-1-3-5-20/h1-7,16H,8-15,17H2. The molecule has 30 heavy (non-hydrogen) atoms. The molecule has 6 heteroatoms. The maximum atomic E-state index is 13.5. The van der Waals surface area contributed by atoms with Crippen LogP contribution in [0.1, 0.15) is 34.3 Å². The molecule has 3 aliphatic rings. The molecule has 2 aromatic carbocycles. The third-order valence-corrected chi connectivity index (χ3v) is 6.36. The zero-order chi connectivity index (χ0) is 20.6. The van der Waals surface area contributed by atoms with E-state index in [4.69, 9.17) is 9.47 Å². The monoisotopic (exact) mass is 406 g/mol. The van der Waals surface area contributed by atoms with E-state index >= 15 is 0 Å². The lowest BCUT2D eigenvalue weighted by Crippen LogP contribution is -2.41. The molecule has 5 rings (SSSR count). The summed E-state index contributed by atoms with van der Waals surface area (Å²) >= 11 is 0. The van der Waals surface area contributed by atoms with E-state index < -0.39 is 5.41 Å². The summed E-state index contributed by atoms with van der Waals surface area (Å²) in [5, 5.41) is 0. The minimum absolute atomic E-state index is 0.00572. The van der Waals surface area contributed by atoms with E-state index in [1.165, 1.54) is 0 Å². The van der Waals surface area contributed by atoms with E-state index in [2.05, 4.69) is 0 Å². The lowest BCUT2D eigenvalue weighted by atomic mass is 9.94. The predicted octanol–water partition coefficient (Wildman–Crippen LogP) is 2.61. The summed E-state index contributed by atoms with van der Waals surface area (Å²) in [4.78, 5) is 30.1. The summed E-state index contributed by atoms with van der Waals surface area (Å²) in [6.07, 6.45) is 1.77. The fraction of sp³-hybridized carbons (Fsp3) is 0.417. The van der Waals surface area contributed by atoms with Crippen LogP contribution in [0.4, 0.5) is 0 Å². The number of hydrogen-bond acceptors (Lipinski definition) is 4. The van der Waals surface area contributed by atoms with Crippen molar-refractivity contribution in [3.05, 3.63) is 65.2 Å². The van der Waals surface area contributed by atoms with Crippen molar-refractivity contribution >= 4 is 11.8 Å². The Bertz CT molecular complexity index is 949. The second-order valence-electron chi connectivity index (χ2n) is 8.25. The maximum absolute atomic E-state index is 13.5. The van der Waals surface area contributed by atoms with Crippen molar-refractivity contribution in [3.63, 3.8) is 0 Å². The number of carbonyl (C=O) groups is 2. The molecule has 0 bridgehead atoms. The van der Waals surface area contributed by atoms with E-state index in [-0.39, 0.29) is 11.8 Å². The normalized spacial score (nSPS) is 20.0. The van der Waals surface area contributed by atoms with Gasteiger partial charge in [0.2, 0.25) is 5.91 Å². The second-order valence-corrected chi connectivity index (χ2v) is 8.25. The molecule has 156 valence electrons. The number of carbonyl (C=O) groups excluding carboxylic acids is 2. The molecule has 0 radical (unpaired) electrons. The quantitative estimate of drug-likeness (QED) is 0.786. The first-order valence-electron chi connectivity index (χ1n) is 10.6. The highest BCUT2D eigenvalue weighted by Crippen LogP contribution is 2.50. The number of rotatable bonds is 3. The first-order valence-corrected chi connectivity index (χ1v) is 10.6. The predicted molar refractivity (Wildman–Crippen MR) is 111 cm³/mol. The van der Waals surface area contributed by atoms with Crippen LogP contribution in [-0.2, 0) is 21.5 Å². The van der Waals surface area contributed by atoms with Crippen LogP contribution < -0.4 is 4.74 Å². The van der Waals surface area contributed by atoms with Crippen molar-refractivity contribution in [1.82, 2.24) is 9.80 Å². The van der Waals surface area contributed by atoms with Crippen molar-refractivity contribution in [2.75, 3.05) is 39.5 Å². The van der Waals surface area contributed by atoms with Gasteiger partial charge >= 0.3 is 0 Å². The first-order chi connectivity index (χ1) is 14.7. The third kappa shape index (κ3) is 3.45. The molecule has 1 saturated carbocycles. The molecular formula is C24H26N2O4. The van der Waals surface area contributed by atoms with E-state index in [0.29, 0.717) is 51.6 Å². The van der Waals surface area contributed by atoms with Crippen LogP contribution >= 0.6 is 0 Å². The van der Waals surface area contributed by atoms with Crippen molar-refractivity contribution < 1.29 is 19.1 Å². The lowest BCUT2D eigenvalue weighted by Gasteiger charge is -2.27. The maximum Gasteiger partial charge on any atom is 0.254 e. The number of ether oxygens (including phenoxy) is 2. The van der Waals surface area contributed by atoms with Gasteiger partial charge in [-0.3, -0.25) is 9.59 Å². The van der Waals surface area contributed by atoms with Gasteiger partial charge in [0, 0.05) is 30.8 Å². The van der Waals surface area contributed by atoms with Gasteiger partial charge in [0.15, 0.2) is 0 Å². The Morgan fingerprint density at radius 2 is 1.60 bits per heavy atom. The molecule has 1 aliphatic carbocycles. The summed E-state index contributed by atoms with van der Waals surface area (Å²) in [5.41, 5.74) is 2.23. The largest absolute Gasteiger partial charge is 0.491 e. The fourth-order valence-corrected chi connectivity index (χ4v) is 4.46. The molecule has 2 aliphatic heterocycles. The summed E-state index contributed by atoms with van der Waals surface area (Å²) in [7, 11) is 0. The van der Waals surface area contributed by atoms with Crippen molar-refractivity contribution in [1.29, 1.82) is 0 Å². The van der Waals surface area contributed by atoms with Crippen LogP contribution in [0, 0.1) is 0 Å². The topological polar surface area (TPSA) is 59.1 Å². The van der Waals surface area contributed by atoms with E-state index in [1.807, 2.05) is 58.3 Å². The summed E-state index contributed by atoms with van der Waals surface area (Å²) in [6.45, 7) is 3.84. The SMILES string of the molecule is O=C(c1ccc2c(c1)CN(C(=O)C1(c3ccccc3)CC1)CCO2)N1CCOCC1. The zero-order valence-electron chi connectivity index (χ0n) is 17.0. The van der Waals surface area contributed by atoms with Crippen LogP contribution in [0.5, 0.6) is 5.75 Å². The summed E-state index contributed by atoms with van der Waals surface area (Å²) < 4.78 is 11.3. The number of hydrogen-bond donors (Lipinski definition) is 0. The first kappa shape index (κ1) is 19.1. The Morgan fingerprint density at radius 3 is 2.33 bits per heavy atom. The fourth-order valence-electron chi connectivity index (χ4n) is 4.46. The molecule has 2 heterocycles. The summed E-state index contributed by atoms with van der Waals surface area (Å²) in [5.74, 6) is 0.926. The van der Waals surface area contributed by atoms with Gasteiger partial charge < -0.3 is 19.3 Å². The third-order valence-electron chi connectivity index (χ3n) is 6.36. The summed E-state index contributed by atoms with van der Waals surface area (Å²) in [6, 6.07) is 15.6. The minimum atomic E-state index is -0.396. The van der Waals surface area contributed by atoms with Crippen LogP contribution in [-0.4, -0.2) is 61.1 Å². The number of amides is 2. The highest BCUT2D eigenvalue weighted by Gasteiger charge is 2.53. The van der Waals surface area contributed by atoms with Gasteiger partial charge in [0.1, 0.15) is 12.4 Å². The van der Waals surface area contributed by atoms with Gasteiger partial charge in [-0.1, -0.05) is 30.3 Å². The molecule has 0 unspecified atom stereocenters. The Morgan fingerprint density at radius 1 is 0.867 bits per heavy atom. The molecule has 1 saturated heterocycles. The Labute approximate surface area is 176 Å². The Balaban J connectivity index is 1.38. The highest BCUT2D eigenvalue weighted by molar-refractivity contribution is 5.95. The molecule has 0 aromatic heterocycles. The van der Waals surface area contributed by atoms with Crippen LogP contribution in [0.15, 0.2) is 48.5 Å². The average Bonchev–Trinajstić information content (AvgIpc) is 3.63. The van der Waals surface area contributed by atoms with Gasteiger partial charge in [0.25, 0.3) is 5.91 Å². The van der Waals surface area contributed by atoms with Crippen molar-refractivity contribution in [2.45, 2.75) is 24.8 Å². The number of morpholine rings is 1. The van der Waals surface area contributed by atoms with Crippen LogP contribution in [0.3, 0.4) is 0 Å². The number of benzene rings is 2. The molecule has 0 atom stereocenters. The van der Waals surface area contributed by atoms with Crippen LogP contribution in [0.2, 0.25) is 0 Å². The van der Waals surface area contributed by atoms with Gasteiger partial charge in [-0.2, -0.15) is 0 Å². The number of fused-ring (bicyclic) bond motifs is 1. The molecule has 2 amide bonds. The van der Waals surface area contributed by atoms with E-state index in [9.17, 15) is 9.59 Å². The molecule has 2 fully saturated rings. The van der Waals surface area contributed by atoms with Gasteiger partial charge in [0.05, 0.1) is 25.2 Å². The van der Waals surface area contributed by atoms with Crippen molar-refractivity contribution in [3.8, 4) is 5.75 Å². The highest BCUT2D eigenvalue weighted by atomic mass is 16.5. The van der Waals surface area contributed by atoms with Gasteiger partial charge in [-0.25, -0.2) is 0 Å². The smallest absolute Gasteiger partial charge is 0.254 e. The second kappa shape index (κ2) is 7.76. The number of nitrogens with zero attached hydrogens (tertiary/aromatic N) is 2. The Kier molecular flexibility index (Phi) is 4.95. The minimum Gasteiger partial charge on any atom is -0.491 e. The van der Waals surface area contributed by atoms with Crippen LogP contribution in [0.25, 0.3) is 0 Å². The lowest BCUT2D eigenvalue weighted by molar-refractivity contribution is -0.134. The molecule has 6 nitrogen and oxygen atoms in total. The average molecular weight is 406 g/mol. The Hall–Kier alpha value is -2.86. The molecule has 0 spiro atoms. The van der Waals surface area contributed by atoms with Crippen molar-refractivity contribution in [2.24, 2.45) is 0 Å². The van der Waals surface area contributed by atoms with E-state index in [0.717, 1.165) is 29.7 Å². The van der Waals surface area contributed by atoms with E-state index in [1.54, 1.807) is 0 Å². The zero-order valence-corrected chi connectivity index (χ0v) is 17.0. The van der Waals surface area contributed by atoms with Gasteiger partial charge in [-0.05, 0) is 36.6 Å². The molecule has 0 N–H and O–H groups in total. The van der Waals surface area contributed by atoms with Gasteiger partial charge in [-0.15, -0.1) is 0 Å².